The third-order valence-electron chi connectivity index (χ3n) is 2.75. The van der Waals surface area contributed by atoms with Crippen molar-refractivity contribution in [3.05, 3.63) is 69.2 Å². The molecule has 0 aromatic heterocycles. The summed E-state index contributed by atoms with van der Waals surface area (Å²) in [5, 5.41) is 17.0. The minimum atomic E-state index is -0.989. The minimum Gasteiger partial charge on any atom is -0.318 e. The van der Waals surface area contributed by atoms with Crippen molar-refractivity contribution in [1.29, 1.82) is 0 Å². The Balaban J connectivity index is 1.93. The Morgan fingerprint density at radius 1 is 1.12 bits per heavy atom. The molecule has 122 valence electrons. The molecule has 8 nitrogen and oxygen atoms in total. The molecule has 0 unspecified atom stereocenters. The van der Waals surface area contributed by atoms with Crippen molar-refractivity contribution in [3.8, 4) is 0 Å². The van der Waals surface area contributed by atoms with Crippen LogP contribution in [-0.2, 0) is 9.59 Å². The highest BCUT2D eigenvalue weighted by molar-refractivity contribution is 6.39. The fourth-order valence-corrected chi connectivity index (χ4v) is 1.88. The number of hydrazone groups is 1. The SMILES string of the molecule is O=C(N/N=C\c1cccc([N+](=O)[O-])c1)C(=O)Nc1cccc(Cl)c1. The topological polar surface area (TPSA) is 114 Å². The van der Waals surface area contributed by atoms with Crippen LogP contribution < -0.4 is 10.7 Å². The van der Waals surface area contributed by atoms with Crippen molar-refractivity contribution >= 4 is 41.0 Å². The lowest BCUT2D eigenvalue weighted by Crippen LogP contribution is -2.32. The van der Waals surface area contributed by atoms with E-state index < -0.39 is 16.7 Å². The number of hydrogen-bond donors (Lipinski definition) is 2. The molecule has 0 aliphatic carbocycles. The molecule has 0 bridgehead atoms. The van der Waals surface area contributed by atoms with Gasteiger partial charge in [-0.15, -0.1) is 0 Å². The van der Waals surface area contributed by atoms with Crippen molar-refractivity contribution in [1.82, 2.24) is 5.43 Å². The van der Waals surface area contributed by atoms with Crippen LogP contribution >= 0.6 is 11.6 Å². The van der Waals surface area contributed by atoms with Gasteiger partial charge in [-0.25, -0.2) is 5.43 Å². The Morgan fingerprint density at radius 3 is 2.58 bits per heavy atom. The monoisotopic (exact) mass is 346 g/mol. The van der Waals surface area contributed by atoms with E-state index in [1.165, 1.54) is 30.5 Å². The third-order valence-corrected chi connectivity index (χ3v) is 2.98. The summed E-state index contributed by atoms with van der Waals surface area (Å²) in [6.45, 7) is 0. The smallest absolute Gasteiger partial charge is 0.318 e. The van der Waals surface area contributed by atoms with Crippen LogP contribution in [0.25, 0.3) is 0 Å². The van der Waals surface area contributed by atoms with Crippen molar-refractivity contribution in [3.63, 3.8) is 0 Å². The fraction of sp³-hybridized carbons (Fsp3) is 0. The van der Waals surface area contributed by atoms with Gasteiger partial charge in [0.1, 0.15) is 0 Å². The van der Waals surface area contributed by atoms with Gasteiger partial charge in [-0.3, -0.25) is 19.7 Å². The molecule has 0 heterocycles. The molecule has 0 saturated carbocycles. The Morgan fingerprint density at radius 2 is 1.88 bits per heavy atom. The first-order valence-electron chi connectivity index (χ1n) is 6.60. The molecule has 2 rings (SSSR count). The number of nitro groups is 1. The summed E-state index contributed by atoms with van der Waals surface area (Å²) in [6.07, 6.45) is 1.19. The first-order valence-corrected chi connectivity index (χ1v) is 6.98. The van der Waals surface area contributed by atoms with E-state index >= 15 is 0 Å². The standard InChI is InChI=1S/C15H11ClN4O4/c16-11-4-2-5-12(8-11)18-14(21)15(22)19-17-9-10-3-1-6-13(7-10)20(23)24/h1-9H,(H,18,21)(H,19,22)/b17-9-. The zero-order valence-electron chi connectivity index (χ0n) is 12.1. The molecule has 0 atom stereocenters. The number of nitro benzene ring substituents is 1. The van der Waals surface area contributed by atoms with Gasteiger partial charge in [-0.2, -0.15) is 5.10 Å². The highest BCUT2D eigenvalue weighted by Gasteiger charge is 2.13. The molecule has 0 fully saturated rings. The van der Waals surface area contributed by atoms with Crippen LogP contribution in [0.1, 0.15) is 5.56 Å². The number of carbonyl (C=O) groups excluding carboxylic acids is 2. The number of hydrogen-bond acceptors (Lipinski definition) is 5. The molecule has 0 aliphatic heterocycles. The zero-order chi connectivity index (χ0) is 17.5. The Kier molecular flexibility index (Phi) is 5.58. The van der Waals surface area contributed by atoms with Gasteiger partial charge >= 0.3 is 11.8 Å². The van der Waals surface area contributed by atoms with Gasteiger partial charge < -0.3 is 5.32 Å². The average Bonchev–Trinajstić information content (AvgIpc) is 2.55. The van der Waals surface area contributed by atoms with Crippen LogP contribution in [0.15, 0.2) is 53.6 Å². The molecule has 0 saturated heterocycles. The van der Waals surface area contributed by atoms with Crippen LogP contribution in [-0.4, -0.2) is 23.0 Å². The van der Waals surface area contributed by atoms with Crippen LogP contribution in [0.3, 0.4) is 0 Å². The molecule has 2 N–H and O–H groups in total. The van der Waals surface area contributed by atoms with E-state index in [9.17, 15) is 19.7 Å². The van der Waals surface area contributed by atoms with E-state index in [-0.39, 0.29) is 5.69 Å². The van der Waals surface area contributed by atoms with E-state index in [1.807, 2.05) is 5.43 Å². The maximum atomic E-state index is 11.7. The van der Waals surface area contributed by atoms with E-state index in [4.69, 9.17) is 11.6 Å². The highest BCUT2D eigenvalue weighted by Crippen LogP contribution is 2.14. The van der Waals surface area contributed by atoms with E-state index in [0.29, 0.717) is 16.3 Å². The predicted octanol–water partition coefficient (Wildman–Crippen LogP) is 2.34. The summed E-state index contributed by atoms with van der Waals surface area (Å²) in [6, 6.07) is 12.0. The fourth-order valence-electron chi connectivity index (χ4n) is 1.69. The molecule has 2 aromatic carbocycles. The first kappa shape index (κ1) is 17.1. The molecule has 0 radical (unpaired) electrons. The van der Waals surface area contributed by atoms with Gasteiger partial charge in [-0.1, -0.05) is 29.8 Å². The predicted molar refractivity (Wildman–Crippen MR) is 88.9 cm³/mol. The van der Waals surface area contributed by atoms with E-state index in [2.05, 4.69) is 10.4 Å². The van der Waals surface area contributed by atoms with Crippen molar-refractivity contribution < 1.29 is 14.5 Å². The zero-order valence-corrected chi connectivity index (χ0v) is 12.9. The summed E-state index contributed by atoms with van der Waals surface area (Å²) in [7, 11) is 0. The van der Waals surface area contributed by atoms with Crippen LogP contribution in [0, 0.1) is 10.1 Å². The normalized spacial score (nSPS) is 10.4. The number of halogens is 1. The quantitative estimate of drug-likeness (QED) is 0.382. The molecule has 0 spiro atoms. The Bertz CT molecular complexity index is 823. The van der Waals surface area contributed by atoms with Crippen molar-refractivity contribution in [2.24, 2.45) is 5.10 Å². The summed E-state index contributed by atoms with van der Waals surface area (Å²) in [4.78, 5) is 33.4. The summed E-state index contributed by atoms with van der Waals surface area (Å²) < 4.78 is 0. The van der Waals surface area contributed by atoms with Gasteiger partial charge in [0, 0.05) is 28.4 Å². The van der Waals surface area contributed by atoms with Crippen LogP contribution in [0.4, 0.5) is 11.4 Å². The summed E-state index contributed by atoms with van der Waals surface area (Å²) in [5.41, 5.74) is 2.69. The Hall–Kier alpha value is -3.26. The number of carbonyl (C=O) groups is 2. The largest absolute Gasteiger partial charge is 0.329 e. The molecular formula is C15H11ClN4O4. The van der Waals surface area contributed by atoms with Gasteiger partial charge in [0.15, 0.2) is 0 Å². The first-order chi connectivity index (χ1) is 11.5. The number of non-ortho nitro benzene ring substituents is 1. The average molecular weight is 347 g/mol. The highest BCUT2D eigenvalue weighted by atomic mass is 35.5. The molecule has 9 heteroatoms. The van der Waals surface area contributed by atoms with Gasteiger partial charge in [0.05, 0.1) is 11.1 Å². The van der Waals surface area contributed by atoms with Crippen LogP contribution in [0.2, 0.25) is 5.02 Å². The molecule has 0 aliphatic rings. The molecule has 24 heavy (non-hydrogen) atoms. The van der Waals surface area contributed by atoms with Crippen molar-refractivity contribution in [2.75, 3.05) is 5.32 Å². The van der Waals surface area contributed by atoms with E-state index in [1.54, 1.807) is 24.3 Å². The van der Waals surface area contributed by atoms with E-state index in [0.717, 1.165) is 0 Å². The molecule has 2 amide bonds. The van der Waals surface area contributed by atoms with Crippen molar-refractivity contribution in [2.45, 2.75) is 0 Å². The minimum absolute atomic E-state index is 0.107. The number of rotatable bonds is 4. The lowest BCUT2D eigenvalue weighted by atomic mass is 10.2. The second kappa shape index (κ2) is 7.84. The maximum Gasteiger partial charge on any atom is 0.329 e. The second-order valence-corrected chi connectivity index (χ2v) is 4.95. The summed E-state index contributed by atoms with van der Waals surface area (Å²) >= 11 is 5.77. The number of benzene rings is 2. The lowest BCUT2D eigenvalue weighted by molar-refractivity contribution is -0.384. The Labute approximate surface area is 141 Å². The number of amides is 2. The van der Waals surface area contributed by atoms with Crippen LogP contribution in [0.5, 0.6) is 0 Å². The maximum absolute atomic E-state index is 11.7. The van der Waals surface area contributed by atoms with Gasteiger partial charge in [0.2, 0.25) is 0 Å². The number of anilines is 1. The third kappa shape index (κ3) is 4.89. The lowest BCUT2D eigenvalue weighted by Gasteiger charge is -2.03. The number of nitrogens with zero attached hydrogens (tertiary/aromatic N) is 2. The summed E-state index contributed by atoms with van der Waals surface area (Å²) in [5.74, 6) is -1.91. The number of nitrogens with one attached hydrogen (secondary N) is 2. The molecule has 2 aromatic rings. The van der Waals surface area contributed by atoms with Gasteiger partial charge in [0.25, 0.3) is 5.69 Å². The second-order valence-electron chi connectivity index (χ2n) is 4.52. The van der Waals surface area contributed by atoms with Gasteiger partial charge in [-0.05, 0) is 18.2 Å². The molecular weight excluding hydrogens is 336 g/mol.